The lowest BCUT2D eigenvalue weighted by atomic mass is 10.1. The summed E-state index contributed by atoms with van der Waals surface area (Å²) in [6.07, 6.45) is 5.35. The predicted molar refractivity (Wildman–Crippen MR) is 85.7 cm³/mol. The van der Waals surface area contributed by atoms with Crippen LogP contribution in [0.15, 0.2) is 36.5 Å². The van der Waals surface area contributed by atoms with E-state index < -0.39 is 0 Å². The van der Waals surface area contributed by atoms with Gasteiger partial charge in [0.1, 0.15) is 5.82 Å². The Kier molecular flexibility index (Phi) is 3.95. The Bertz CT molecular complexity index is 617. The first-order chi connectivity index (χ1) is 10.9. The number of imidazole rings is 1. The van der Waals surface area contributed by atoms with Gasteiger partial charge in [-0.15, -0.1) is 0 Å². The first kappa shape index (κ1) is 14.0. The number of hydrogen-bond donors (Lipinski definition) is 0. The van der Waals surface area contributed by atoms with E-state index in [1.807, 2.05) is 0 Å². The number of fused-ring (bicyclic) bond motifs is 1. The minimum atomic E-state index is 0.690. The smallest absolute Gasteiger partial charge is 0.113 e. The Balaban J connectivity index is 1.48. The van der Waals surface area contributed by atoms with Crippen molar-refractivity contribution in [2.75, 3.05) is 19.8 Å². The molecule has 3 heterocycles. The molecule has 1 aromatic carbocycles. The molecule has 1 aromatic heterocycles. The molecule has 1 fully saturated rings. The molecule has 0 spiro atoms. The van der Waals surface area contributed by atoms with E-state index in [-0.39, 0.29) is 0 Å². The van der Waals surface area contributed by atoms with E-state index >= 15 is 0 Å². The fourth-order valence-electron chi connectivity index (χ4n) is 3.65. The van der Waals surface area contributed by atoms with Crippen LogP contribution in [0.1, 0.15) is 29.9 Å². The van der Waals surface area contributed by atoms with Crippen LogP contribution in [0.5, 0.6) is 0 Å². The van der Waals surface area contributed by atoms with Gasteiger partial charge in [0.2, 0.25) is 0 Å². The van der Waals surface area contributed by atoms with E-state index in [4.69, 9.17) is 4.74 Å². The minimum absolute atomic E-state index is 0.690. The maximum absolute atomic E-state index is 5.49. The van der Waals surface area contributed by atoms with Gasteiger partial charge in [0.15, 0.2) is 0 Å². The number of hydrogen-bond acceptors (Lipinski definition) is 3. The van der Waals surface area contributed by atoms with Gasteiger partial charge in [0.05, 0.1) is 5.69 Å². The molecule has 4 rings (SSSR count). The molecule has 22 heavy (non-hydrogen) atoms. The normalized spacial score (nSPS) is 20.0. The van der Waals surface area contributed by atoms with Gasteiger partial charge in [0, 0.05) is 51.5 Å². The monoisotopic (exact) mass is 297 g/mol. The summed E-state index contributed by atoms with van der Waals surface area (Å²) >= 11 is 0. The van der Waals surface area contributed by atoms with Gasteiger partial charge in [-0.3, -0.25) is 4.90 Å². The lowest BCUT2D eigenvalue weighted by molar-refractivity contribution is 0.0241. The lowest BCUT2D eigenvalue weighted by Gasteiger charge is -2.37. The zero-order valence-corrected chi connectivity index (χ0v) is 12.9. The molecule has 0 amide bonds. The summed E-state index contributed by atoms with van der Waals surface area (Å²) in [4.78, 5) is 7.30. The van der Waals surface area contributed by atoms with Crippen LogP contribution in [0, 0.1) is 0 Å². The Morgan fingerprint density at radius 3 is 2.73 bits per heavy atom. The molecule has 0 bridgehead atoms. The highest BCUT2D eigenvalue weighted by atomic mass is 16.5. The number of rotatable bonds is 3. The Hall–Kier alpha value is -1.65. The molecular formula is C18H23N3O. The molecule has 2 aliphatic rings. The van der Waals surface area contributed by atoms with Gasteiger partial charge in [0.25, 0.3) is 0 Å². The van der Waals surface area contributed by atoms with Crippen LogP contribution in [0.3, 0.4) is 0 Å². The van der Waals surface area contributed by atoms with Crippen molar-refractivity contribution >= 4 is 0 Å². The van der Waals surface area contributed by atoms with Gasteiger partial charge < -0.3 is 9.30 Å². The molecule has 2 aromatic rings. The van der Waals surface area contributed by atoms with Crippen molar-refractivity contribution in [3.63, 3.8) is 0 Å². The molecule has 0 atom stereocenters. The van der Waals surface area contributed by atoms with E-state index in [1.54, 1.807) is 0 Å². The highest BCUT2D eigenvalue weighted by Crippen LogP contribution is 2.22. The third-order valence-electron chi connectivity index (χ3n) is 4.91. The summed E-state index contributed by atoms with van der Waals surface area (Å²) in [7, 11) is 0. The highest BCUT2D eigenvalue weighted by Gasteiger charge is 2.26. The molecule has 0 unspecified atom stereocenters. The summed E-state index contributed by atoms with van der Waals surface area (Å²) in [5.74, 6) is 1.20. The van der Waals surface area contributed by atoms with Crippen molar-refractivity contribution in [3.05, 3.63) is 53.6 Å². The Morgan fingerprint density at radius 1 is 1.09 bits per heavy atom. The summed E-state index contributed by atoms with van der Waals surface area (Å²) < 4.78 is 7.91. The summed E-state index contributed by atoms with van der Waals surface area (Å²) in [6, 6.07) is 11.3. The standard InChI is InChI=1S/C18H23N3O/c1-2-4-15(5-3-1)12-18-19-13-17-14-20(8-9-21(17)18)16-6-10-22-11-7-16/h1-5,13,16H,6-12,14H2. The first-order valence-corrected chi connectivity index (χ1v) is 8.29. The van der Waals surface area contributed by atoms with Crippen LogP contribution in [-0.4, -0.2) is 40.3 Å². The zero-order valence-electron chi connectivity index (χ0n) is 12.9. The molecule has 0 radical (unpaired) electrons. The lowest BCUT2D eigenvalue weighted by Crippen LogP contribution is -2.43. The number of aromatic nitrogens is 2. The molecule has 4 nitrogen and oxygen atoms in total. The topological polar surface area (TPSA) is 30.3 Å². The average Bonchev–Trinajstić information content (AvgIpc) is 2.99. The van der Waals surface area contributed by atoms with E-state index in [0.717, 1.165) is 39.3 Å². The number of nitrogens with zero attached hydrogens (tertiary/aromatic N) is 3. The third-order valence-corrected chi connectivity index (χ3v) is 4.91. The second-order valence-electron chi connectivity index (χ2n) is 6.29. The van der Waals surface area contributed by atoms with Crippen LogP contribution in [0.25, 0.3) is 0 Å². The molecule has 0 aliphatic carbocycles. The molecule has 4 heteroatoms. The maximum atomic E-state index is 5.49. The van der Waals surface area contributed by atoms with Gasteiger partial charge in [-0.05, 0) is 18.4 Å². The maximum Gasteiger partial charge on any atom is 0.113 e. The summed E-state index contributed by atoms with van der Waals surface area (Å²) in [5.41, 5.74) is 2.70. The molecule has 0 N–H and O–H groups in total. The average molecular weight is 297 g/mol. The second kappa shape index (κ2) is 6.23. The van der Waals surface area contributed by atoms with Crippen molar-refractivity contribution < 1.29 is 4.74 Å². The Morgan fingerprint density at radius 2 is 1.91 bits per heavy atom. The van der Waals surface area contributed by atoms with Gasteiger partial charge in [-0.1, -0.05) is 30.3 Å². The van der Waals surface area contributed by atoms with Gasteiger partial charge in [-0.25, -0.2) is 4.98 Å². The van der Waals surface area contributed by atoms with Crippen molar-refractivity contribution in [2.45, 2.75) is 38.4 Å². The van der Waals surface area contributed by atoms with Crippen molar-refractivity contribution in [2.24, 2.45) is 0 Å². The molecular weight excluding hydrogens is 274 g/mol. The molecule has 2 aliphatic heterocycles. The van der Waals surface area contributed by atoms with Gasteiger partial charge in [-0.2, -0.15) is 0 Å². The fourth-order valence-corrected chi connectivity index (χ4v) is 3.65. The number of benzene rings is 1. The predicted octanol–water partition coefficient (Wildman–Crippen LogP) is 2.47. The second-order valence-corrected chi connectivity index (χ2v) is 6.29. The van der Waals surface area contributed by atoms with E-state index in [2.05, 4.69) is 51.0 Å². The van der Waals surface area contributed by atoms with Crippen LogP contribution in [-0.2, 0) is 24.2 Å². The third kappa shape index (κ3) is 2.81. The Labute approximate surface area is 131 Å². The van der Waals surface area contributed by atoms with E-state index in [1.165, 1.54) is 29.9 Å². The van der Waals surface area contributed by atoms with Gasteiger partial charge >= 0.3 is 0 Å². The molecule has 116 valence electrons. The van der Waals surface area contributed by atoms with Crippen LogP contribution < -0.4 is 0 Å². The van der Waals surface area contributed by atoms with Crippen LogP contribution >= 0.6 is 0 Å². The minimum Gasteiger partial charge on any atom is -0.381 e. The van der Waals surface area contributed by atoms with Crippen molar-refractivity contribution in [1.82, 2.24) is 14.5 Å². The molecule has 0 saturated carbocycles. The SMILES string of the molecule is c1ccc(Cc2ncc3n2CCN(C2CCOCC2)C3)cc1. The van der Waals surface area contributed by atoms with Crippen molar-refractivity contribution in [3.8, 4) is 0 Å². The fraction of sp³-hybridized carbons (Fsp3) is 0.500. The molecule has 1 saturated heterocycles. The van der Waals surface area contributed by atoms with E-state index in [9.17, 15) is 0 Å². The first-order valence-electron chi connectivity index (χ1n) is 8.29. The van der Waals surface area contributed by atoms with Crippen molar-refractivity contribution in [1.29, 1.82) is 0 Å². The quantitative estimate of drug-likeness (QED) is 0.872. The largest absolute Gasteiger partial charge is 0.381 e. The summed E-state index contributed by atoms with van der Waals surface area (Å²) in [6.45, 7) is 5.07. The van der Waals surface area contributed by atoms with Crippen LogP contribution in [0.2, 0.25) is 0 Å². The highest BCUT2D eigenvalue weighted by molar-refractivity contribution is 5.21. The van der Waals surface area contributed by atoms with E-state index in [0.29, 0.717) is 6.04 Å². The summed E-state index contributed by atoms with van der Waals surface area (Å²) in [5, 5.41) is 0. The zero-order chi connectivity index (χ0) is 14.8. The van der Waals surface area contributed by atoms with Crippen LogP contribution in [0.4, 0.5) is 0 Å². The number of ether oxygens (including phenoxy) is 1.